The number of imide groups is 1. The molecule has 0 saturated carbocycles. The fourth-order valence-electron chi connectivity index (χ4n) is 2.65. The predicted molar refractivity (Wildman–Crippen MR) is 88.7 cm³/mol. The highest BCUT2D eigenvalue weighted by Gasteiger charge is 2.49. The van der Waals surface area contributed by atoms with E-state index in [1.807, 2.05) is 5.38 Å². The van der Waals surface area contributed by atoms with Crippen molar-refractivity contribution in [1.29, 1.82) is 0 Å². The first-order valence-electron chi connectivity index (χ1n) is 7.66. The summed E-state index contributed by atoms with van der Waals surface area (Å²) in [5.74, 6) is -0.389. The van der Waals surface area contributed by atoms with Crippen LogP contribution in [0.25, 0.3) is 0 Å². The molecule has 5 nitrogen and oxygen atoms in total. The van der Waals surface area contributed by atoms with Crippen molar-refractivity contribution in [2.45, 2.75) is 25.2 Å². The van der Waals surface area contributed by atoms with Crippen LogP contribution in [0.2, 0.25) is 0 Å². The van der Waals surface area contributed by atoms with E-state index in [9.17, 15) is 22.8 Å². The zero-order valence-electron chi connectivity index (χ0n) is 13.7. The Bertz CT molecular complexity index is 823. The summed E-state index contributed by atoms with van der Waals surface area (Å²) >= 11 is 1.36. The molecule has 2 aromatic rings. The fourth-order valence-corrected chi connectivity index (χ4v) is 3.49. The van der Waals surface area contributed by atoms with Crippen LogP contribution >= 0.6 is 11.3 Å². The normalized spacial score (nSPS) is 20.4. The van der Waals surface area contributed by atoms with Gasteiger partial charge in [-0.3, -0.25) is 9.69 Å². The highest BCUT2D eigenvalue weighted by Crippen LogP contribution is 2.32. The zero-order chi connectivity index (χ0) is 18.9. The Morgan fingerprint density at radius 3 is 2.65 bits per heavy atom. The van der Waals surface area contributed by atoms with Crippen molar-refractivity contribution in [2.24, 2.45) is 0 Å². The summed E-state index contributed by atoms with van der Waals surface area (Å²) in [6.07, 6.45) is -4.44. The Morgan fingerprint density at radius 1 is 1.23 bits per heavy atom. The highest BCUT2D eigenvalue weighted by molar-refractivity contribution is 7.10. The smallest absolute Gasteiger partial charge is 0.422 e. The van der Waals surface area contributed by atoms with Crippen LogP contribution in [0.15, 0.2) is 41.8 Å². The SMILES string of the molecule is C[C@]1(c2cccs2)NC(=O)N(Cc2cccc(OCC(F)(F)F)c2)C1=O. The molecule has 1 atom stereocenters. The Labute approximate surface area is 151 Å². The minimum Gasteiger partial charge on any atom is -0.484 e. The van der Waals surface area contributed by atoms with Gasteiger partial charge in [0.1, 0.15) is 5.75 Å². The average Bonchev–Trinajstić information content (AvgIpc) is 3.18. The molecule has 26 heavy (non-hydrogen) atoms. The van der Waals surface area contributed by atoms with Crippen molar-refractivity contribution in [1.82, 2.24) is 10.2 Å². The Morgan fingerprint density at radius 2 is 2.00 bits per heavy atom. The van der Waals surface area contributed by atoms with Crippen molar-refractivity contribution < 1.29 is 27.5 Å². The maximum Gasteiger partial charge on any atom is 0.422 e. The van der Waals surface area contributed by atoms with E-state index in [0.717, 1.165) is 4.90 Å². The summed E-state index contributed by atoms with van der Waals surface area (Å²) in [4.78, 5) is 26.8. The number of rotatable bonds is 5. The number of nitrogens with zero attached hydrogens (tertiary/aromatic N) is 1. The first kappa shape index (κ1) is 18.2. The molecule has 2 heterocycles. The molecule has 0 radical (unpaired) electrons. The van der Waals surface area contributed by atoms with E-state index in [-0.39, 0.29) is 12.3 Å². The van der Waals surface area contributed by atoms with Gasteiger partial charge in [-0.2, -0.15) is 13.2 Å². The molecule has 0 aliphatic carbocycles. The van der Waals surface area contributed by atoms with E-state index in [2.05, 4.69) is 5.32 Å². The van der Waals surface area contributed by atoms with Gasteiger partial charge >= 0.3 is 12.2 Å². The third-order valence-corrected chi connectivity index (χ3v) is 5.02. The summed E-state index contributed by atoms with van der Waals surface area (Å²) in [6.45, 7) is 0.160. The fraction of sp³-hybridized carbons (Fsp3) is 0.294. The number of benzene rings is 1. The first-order valence-corrected chi connectivity index (χ1v) is 8.53. The molecule has 0 bridgehead atoms. The van der Waals surface area contributed by atoms with E-state index in [1.165, 1.54) is 29.5 Å². The number of amides is 3. The molecule has 1 saturated heterocycles. The van der Waals surface area contributed by atoms with Crippen LogP contribution in [0.1, 0.15) is 17.4 Å². The molecule has 1 fully saturated rings. The number of hydrogen-bond acceptors (Lipinski definition) is 4. The molecule has 3 rings (SSSR count). The van der Waals surface area contributed by atoms with Gasteiger partial charge in [-0.1, -0.05) is 18.2 Å². The van der Waals surface area contributed by atoms with Crippen LogP contribution in [-0.4, -0.2) is 29.6 Å². The molecule has 1 aliphatic rings. The summed E-state index contributed by atoms with van der Waals surface area (Å²) < 4.78 is 41.5. The lowest BCUT2D eigenvalue weighted by atomic mass is 10.0. The van der Waals surface area contributed by atoms with Gasteiger partial charge in [-0.15, -0.1) is 11.3 Å². The lowest BCUT2D eigenvalue weighted by molar-refractivity contribution is -0.153. The number of halogens is 3. The van der Waals surface area contributed by atoms with E-state index in [1.54, 1.807) is 25.1 Å². The van der Waals surface area contributed by atoms with Gasteiger partial charge in [0.25, 0.3) is 5.91 Å². The van der Waals surface area contributed by atoms with E-state index < -0.39 is 30.3 Å². The summed E-state index contributed by atoms with van der Waals surface area (Å²) in [7, 11) is 0. The summed E-state index contributed by atoms with van der Waals surface area (Å²) in [5, 5.41) is 4.49. The second-order valence-electron chi connectivity index (χ2n) is 5.98. The third-order valence-electron chi connectivity index (χ3n) is 3.93. The van der Waals surface area contributed by atoms with Crippen molar-refractivity contribution in [3.63, 3.8) is 0 Å². The third kappa shape index (κ3) is 3.67. The number of nitrogens with one attached hydrogen (secondary N) is 1. The van der Waals surface area contributed by atoms with Crippen LogP contribution in [0, 0.1) is 0 Å². The Kier molecular flexibility index (Phi) is 4.66. The van der Waals surface area contributed by atoms with E-state index in [4.69, 9.17) is 4.74 Å². The van der Waals surface area contributed by atoms with Gasteiger partial charge in [0.2, 0.25) is 0 Å². The van der Waals surface area contributed by atoms with Crippen molar-refractivity contribution in [2.75, 3.05) is 6.61 Å². The molecular formula is C17H15F3N2O3S. The van der Waals surface area contributed by atoms with Gasteiger partial charge in [0.15, 0.2) is 12.1 Å². The number of ether oxygens (including phenoxy) is 1. The quantitative estimate of drug-likeness (QED) is 0.801. The lowest BCUT2D eigenvalue weighted by Gasteiger charge is -2.20. The van der Waals surface area contributed by atoms with Crippen molar-refractivity contribution in [3.05, 3.63) is 52.2 Å². The van der Waals surface area contributed by atoms with Gasteiger partial charge in [0.05, 0.1) is 6.54 Å². The molecule has 138 valence electrons. The molecule has 1 aliphatic heterocycles. The van der Waals surface area contributed by atoms with Crippen molar-refractivity contribution >= 4 is 23.3 Å². The van der Waals surface area contributed by atoms with Crippen LogP contribution < -0.4 is 10.1 Å². The number of thiophene rings is 1. The lowest BCUT2D eigenvalue weighted by Crippen LogP contribution is -2.40. The van der Waals surface area contributed by atoms with Crippen LogP contribution in [0.3, 0.4) is 0 Å². The largest absolute Gasteiger partial charge is 0.484 e. The predicted octanol–water partition coefficient (Wildman–Crippen LogP) is 3.66. The summed E-state index contributed by atoms with van der Waals surface area (Å²) in [5.41, 5.74) is -0.654. The molecule has 1 N–H and O–H groups in total. The molecule has 0 unspecified atom stereocenters. The van der Waals surface area contributed by atoms with Gasteiger partial charge in [-0.25, -0.2) is 4.79 Å². The number of urea groups is 1. The Balaban J connectivity index is 1.75. The molecule has 9 heteroatoms. The molecule has 1 aromatic heterocycles. The Hall–Kier alpha value is -2.55. The molecule has 1 aromatic carbocycles. The molecule has 0 spiro atoms. The monoisotopic (exact) mass is 384 g/mol. The van der Waals surface area contributed by atoms with E-state index in [0.29, 0.717) is 10.4 Å². The maximum atomic E-state index is 12.8. The standard InChI is InChI=1S/C17H15F3N2O3S/c1-16(13-6-3-7-26-13)14(23)22(15(24)21-16)9-11-4-2-5-12(8-11)25-10-17(18,19)20/h2-8H,9-10H2,1H3,(H,21,24)/t16-/m1/s1. The number of alkyl halides is 3. The number of carbonyl (C=O) groups is 2. The van der Waals surface area contributed by atoms with Crippen molar-refractivity contribution in [3.8, 4) is 5.75 Å². The minimum atomic E-state index is -4.44. The average molecular weight is 384 g/mol. The topological polar surface area (TPSA) is 58.6 Å². The number of carbonyl (C=O) groups excluding carboxylic acids is 2. The first-order chi connectivity index (χ1) is 12.2. The molecular weight excluding hydrogens is 369 g/mol. The molecule has 3 amide bonds. The number of hydrogen-bond donors (Lipinski definition) is 1. The van der Waals surface area contributed by atoms with Gasteiger partial charge in [0, 0.05) is 4.88 Å². The van der Waals surface area contributed by atoms with E-state index >= 15 is 0 Å². The maximum absolute atomic E-state index is 12.8. The van der Waals surface area contributed by atoms with Gasteiger partial charge in [-0.05, 0) is 36.1 Å². The second kappa shape index (κ2) is 6.64. The highest BCUT2D eigenvalue weighted by atomic mass is 32.1. The zero-order valence-corrected chi connectivity index (χ0v) is 14.5. The summed E-state index contributed by atoms with van der Waals surface area (Å²) in [6, 6.07) is 8.89. The van der Waals surface area contributed by atoms with Crippen LogP contribution in [0.5, 0.6) is 5.75 Å². The van der Waals surface area contributed by atoms with Crippen LogP contribution in [0.4, 0.5) is 18.0 Å². The van der Waals surface area contributed by atoms with Crippen LogP contribution in [-0.2, 0) is 16.9 Å². The minimum absolute atomic E-state index is 0.0212. The second-order valence-corrected chi connectivity index (χ2v) is 6.92. The van der Waals surface area contributed by atoms with Gasteiger partial charge < -0.3 is 10.1 Å².